The van der Waals surface area contributed by atoms with Crippen LogP contribution in [0, 0.1) is 6.92 Å². The first-order valence-electron chi connectivity index (χ1n) is 5.67. The van der Waals surface area contributed by atoms with Crippen LogP contribution in [0.2, 0.25) is 0 Å². The van der Waals surface area contributed by atoms with E-state index < -0.39 is 7.60 Å². The van der Waals surface area contributed by atoms with Crippen LogP contribution in [-0.2, 0) is 13.6 Å². The number of hydrogen-bond donors (Lipinski definition) is 0. The summed E-state index contributed by atoms with van der Waals surface area (Å²) in [5.74, 6) is 0.662. The van der Waals surface area contributed by atoms with E-state index in [2.05, 4.69) is 0 Å². The number of benzene rings is 1. The molecule has 0 aliphatic rings. The van der Waals surface area contributed by atoms with Gasteiger partial charge in [0.05, 0.1) is 13.2 Å². The highest BCUT2D eigenvalue weighted by atomic mass is 31.2. The van der Waals surface area contributed by atoms with Gasteiger partial charge in [0.15, 0.2) is 6.35 Å². The molecule has 1 rings (SSSR count). The molecule has 0 saturated carbocycles. The predicted molar refractivity (Wildman–Crippen MR) is 67.5 cm³/mol. The summed E-state index contributed by atoms with van der Waals surface area (Å²) in [6.07, 6.45) is -0.0578. The van der Waals surface area contributed by atoms with Crippen molar-refractivity contribution in [2.75, 3.05) is 19.6 Å². The molecule has 4 nitrogen and oxygen atoms in total. The van der Waals surface area contributed by atoms with Crippen LogP contribution in [-0.4, -0.2) is 19.6 Å². The van der Waals surface area contributed by atoms with Gasteiger partial charge >= 0.3 is 7.60 Å². The van der Waals surface area contributed by atoms with E-state index in [1.807, 2.05) is 31.2 Å². The molecule has 0 unspecified atom stereocenters. The third-order valence-corrected chi connectivity index (χ3v) is 3.81. The lowest BCUT2D eigenvalue weighted by molar-refractivity contribution is 0.197. The van der Waals surface area contributed by atoms with Crippen LogP contribution >= 0.6 is 7.60 Å². The Morgan fingerprint density at radius 2 is 1.59 bits per heavy atom. The van der Waals surface area contributed by atoms with Gasteiger partial charge in [-0.3, -0.25) is 4.57 Å². The summed E-state index contributed by atoms with van der Waals surface area (Å²) in [5, 5.41) is 0. The molecule has 1 aromatic rings. The summed E-state index contributed by atoms with van der Waals surface area (Å²) in [5.41, 5.74) is 1.15. The number of ether oxygens (including phenoxy) is 1. The topological polar surface area (TPSA) is 44.8 Å². The molecule has 96 valence electrons. The standard InChI is InChI=1S/C12H19O4P/c1-4-15-17(13,16-5-2)10-14-12-8-6-11(3)7-9-12/h6-9H,4-5,10H2,1-3H3. The minimum absolute atomic E-state index is 0.0578. The molecule has 0 atom stereocenters. The molecule has 0 N–H and O–H groups in total. The Morgan fingerprint density at radius 1 is 1.06 bits per heavy atom. The van der Waals surface area contributed by atoms with Gasteiger partial charge in [0.25, 0.3) is 0 Å². The maximum absolute atomic E-state index is 12.1. The highest BCUT2D eigenvalue weighted by Crippen LogP contribution is 2.47. The first-order valence-corrected chi connectivity index (χ1v) is 7.40. The van der Waals surface area contributed by atoms with E-state index in [0.717, 1.165) is 5.56 Å². The van der Waals surface area contributed by atoms with Crippen LogP contribution < -0.4 is 4.74 Å². The Kier molecular flexibility index (Phi) is 5.69. The maximum atomic E-state index is 12.1. The normalized spacial score (nSPS) is 11.5. The van der Waals surface area contributed by atoms with E-state index in [1.54, 1.807) is 13.8 Å². The fourth-order valence-electron chi connectivity index (χ4n) is 1.29. The van der Waals surface area contributed by atoms with Gasteiger partial charge in [-0.2, -0.15) is 0 Å². The first kappa shape index (κ1) is 14.2. The lowest BCUT2D eigenvalue weighted by atomic mass is 10.2. The van der Waals surface area contributed by atoms with Gasteiger partial charge in [0, 0.05) is 0 Å². The molecular weight excluding hydrogens is 239 g/mol. The van der Waals surface area contributed by atoms with Gasteiger partial charge in [-0.1, -0.05) is 17.7 Å². The third-order valence-electron chi connectivity index (χ3n) is 2.06. The number of rotatable bonds is 7. The fraction of sp³-hybridized carbons (Fsp3) is 0.500. The van der Waals surface area contributed by atoms with Crippen molar-refractivity contribution in [1.29, 1.82) is 0 Å². The predicted octanol–water partition coefficient (Wildman–Crippen LogP) is 3.60. The highest BCUT2D eigenvalue weighted by molar-refractivity contribution is 7.53. The van der Waals surface area contributed by atoms with E-state index >= 15 is 0 Å². The monoisotopic (exact) mass is 258 g/mol. The molecule has 0 aliphatic carbocycles. The second-order valence-corrected chi connectivity index (χ2v) is 5.53. The average Bonchev–Trinajstić information content (AvgIpc) is 2.29. The summed E-state index contributed by atoms with van der Waals surface area (Å²) in [6, 6.07) is 7.53. The van der Waals surface area contributed by atoms with Gasteiger partial charge in [0.1, 0.15) is 5.75 Å². The molecule has 0 bridgehead atoms. The number of hydrogen-bond acceptors (Lipinski definition) is 4. The lowest BCUT2D eigenvalue weighted by Crippen LogP contribution is -2.05. The molecule has 5 heteroatoms. The van der Waals surface area contributed by atoms with Crippen molar-refractivity contribution in [2.45, 2.75) is 20.8 Å². The van der Waals surface area contributed by atoms with Crippen molar-refractivity contribution in [3.05, 3.63) is 29.8 Å². The molecule has 0 heterocycles. The van der Waals surface area contributed by atoms with Crippen LogP contribution in [0.3, 0.4) is 0 Å². The van der Waals surface area contributed by atoms with Crippen molar-refractivity contribution < 1.29 is 18.3 Å². The summed E-state index contributed by atoms with van der Waals surface area (Å²) in [4.78, 5) is 0. The summed E-state index contributed by atoms with van der Waals surface area (Å²) in [6.45, 7) is 6.23. The zero-order valence-electron chi connectivity index (χ0n) is 10.5. The van der Waals surface area contributed by atoms with Crippen molar-refractivity contribution >= 4 is 7.60 Å². The quantitative estimate of drug-likeness (QED) is 0.701. The molecule has 17 heavy (non-hydrogen) atoms. The molecule has 0 fully saturated rings. The van der Waals surface area contributed by atoms with Crippen LogP contribution in [0.1, 0.15) is 19.4 Å². The SMILES string of the molecule is CCOP(=O)(COc1ccc(C)cc1)OCC. The molecule has 1 aromatic carbocycles. The Bertz CT molecular complexity index is 365. The molecule has 0 amide bonds. The largest absolute Gasteiger partial charge is 0.481 e. The smallest absolute Gasteiger partial charge is 0.367 e. The Morgan fingerprint density at radius 3 is 2.06 bits per heavy atom. The summed E-state index contributed by atoms with van der Waals surface area (Å²) < 4.78 is 27.7. The Balaban J connectivity index is 2.57. The zero-order chi connectivity index (χ0) is 12.7. The fourth-order valence-corrected chi connectivity index (χ4v) is 2.61. The van der Waals surface area contributed by atoms with E-state index in [1.165, 1.54) is 0 Å². The van der Waals surface area contributed by atoms with Gasteiger partial charge in [-0.25, -0.2) is 0 Å². The van der Waals surface area contributed by atoms with Crippen molar-refractivity contribution in [3.63, 3.8) is 0 Å². The van der Waals surface area contributed by atoms with Gasteiger partial charge in [-0.05, 0) is 32.9 Å². The molecule has 0 aromatic heterocycles. The zero-order valence-corrected chi connectivity index (χ0v) is 11.4. The van der Waals surface area contributed by atoms with Crippen molar-refractivity contribution in [2.24, 2.45) is 0 Å². The Labute approximate surface area is 102 Å². The summed E-state index contributed by atoms with van der Waals surface area (Å²) in [7, 11) is -3.12. The van der Waals surface area contributed by atoms with Crippen LogP contribution in [0.25, 0.3) is 0 Å². The molecule has 0 radical (unpaired) electrons. The second-order valence-electron chi connectivity index (χ2n) is 3.53. The second kappa shape index (κ2) is 6.80. The average molecular weight is 258 g/mol. The summed E-state index contributed by atoms with van der Waals surface area (Å²) >= 11 is 0. The van der Waals surface area contributed by atoms with Crippen LogP contribution in [0.4, 0.5) is 0 Å². The molecule has 0 aliphatic heterocycles. The van der Waals surface area contributed by atoms with Gasteiger partial charge < -0.3 is 13.8 Å². The Hall–Kier alpha value is -0.830. The van der Waals surface area contributed by atoms with Crippen LogP contribution in [0.15, 0.2) is 24.3 Å². The highest BCUT2D eigenvalue weighted by Gasteiger charge is 2.24. The van der Waals surface area contributed by atoms with E-state index in [-0.39, 0.29) is 6.35 Å². The minimum atomic E-state index is -3.12. The third kappa shape index (κ3) is 4.90. The van der Waals surface area contributed by atoms with Crippen molar-refractivity contribution in [3.8, 4) is 5.75 Å². The van der Waals surface area contributed by atoms with Gasteiger partial charge in [0.2, 0.25) is 0 Å². The number of aryl methyl sites for hydroxylation is 1. The molecular formula is C12H19O4P. The maximum Gasteiger partial charge on any atom is 0.367 e. The van der Waals surface area contributed by atoms with E-state index in [4.69, 9.17) is 13.8 Å². The van der Waals surface area contributed by atoms with Crippen LogP contribution in [0.5, 0.6) is 5.75 Å². The van der Waals surface area contributed by atoms with Crippen molar-refractivity contribution in [1.82, 2.24) is 0 Å². The molecule has 0 saturated heterocycles. The van der Waals surface area contributed by atoms with Gasteiger partial charge in [-0.15, -0.1) is 0 Å². The minimum Gasteiger partial charge on any atom is -0.481 e. The van der Waals surface area contributed by atoms with E-state index in [0.29, 0.717) is 19.0 Å². The molecule has 0 spiro atoms. The lowest BCUT2D eigenvalue weighted by Gasteiger charge is -2.17. The first-order chi connectivity index (χ1) is 8.09. The van der Waals surface area contributed by atoms with E-state index in [9.17, 15) is 4.57 Å².